The Morgan fingerprint density at radius 1 is 1.25 bits per heavy atom. The average Bonchev–Trinajstić information content (AvgIpc) is 2.73. The summed E-state index contributed by atoms with van der Waals surface area (Å²) in [5.74, 6) is 0.411. The van der Waals surface area contributed by atoms with Crippen LogP contribution in [-0.4, -0.2) is 47.1 Å². The Kier molecular flexibility index (Phi) is 4.92. The number of piperidine rings is 1. The van der Waals surface area contributed by atoms with E-state index in [1.807, 2.05) is 0 Å². The summed E-state index contributed by atoms with van der Waals surface area (Å²) in [5.41, 5.74) is 0.163. The number of ether oxygens (including phenoxy) is 2. The van der Waals surface area contributed by atoms with E-state index < -0.39 is 0 Å². The van der Waals surface area contributed by atoms with Gasteiger partial charge in [-0.2, -0.15) is 4.98 Å². The first-order valence-electron chi connectivity index (χ1n) is 8.99. The van der Waals surface area contributed by atoms with Gasteiger partial charge in [0, 0.05) is 12.6 Å². The summed E-state index contributed by atoms with van der Waals surface area (Å²) in [4.78, 5) is 35.0. The average molecular weight is 381 g/mol. The van der Waals surface area contributed by atoms with Gasteiger partial charge in [-0.05, 0) is 25.0 Å². The third-order valence-electron chi connectivity index (χ3n) is 4.60. The lowest BCUT2D eigenvalue weighted by Gasteiger charge is -2.32. The van der Waals surface area contributed by atoms with Crippen LogP contribution in [0, 0.1) is 0 Å². The maximum absolute atomic E-state index is 12.9. The van der Waals surface area contributed by atoms with Crippen LogP contribution >= 0.6 is 0 Å². The number of hydrogen-bond donors (Lipinski definition) is 0. The van der Waals surface area contributed by atoms with E-state index in [9.17, 15) is 9.59 Å². The second kappa shape index (κ2) is 7.67. The molecule has 0 saturated carbocycles. The third-order valence-corrected chi connectivity index (χ3v) is 4.60. The lowest BCUT2D eigenvalue weighted by Crippen LogP contribution is -2.44. The van der Waals surface area contributed by atoms with Crippen molar-refractivity contribution >= 4 is 16.9 Å². The van der Waals surface area contributed by atoms with Crippen LogP contribution in [0.4, 0.5) is 0 Å². The summed E-state index contributed by atoms with van der Waals surface area (Å²) in [5, 5.41) is 0.454. The van der Waals surface area contributed by atoms with E-state index in [4.69, 9.17) is 13.9 Å². The molecule has 3 aromatic rings. The van der Waals surface area contributed by atoms with Crippen LogP contribution < -0.4 is 14.9 Å². The van der Waals surface area contributed by atoms with Gasteiger partial charge in [-0.15, -0.1) is 0 Å². The zero-order valence-electron chi connectivity index (χ0n) is 15.3. The van der Waals surface area contributed by atoms with Gasteiger partial charge in [-0.3, -0.25) is 14.6 Å². The number of likely N-dealkylation sites (tertiary alicyclic amines) is 1. The fourth-order valence-electron chi connectivity index (χ4n) is 3.24. The van der Waals surface area contributed by atoms with E-state index in [0.29, 0.717) is 35.8 Å². The molecule has 1 unspecified atom stereocenters. The van der Waals surface area contributed by atoms with Crippen LogP contribution in [0.1, 0.15) is 23.4 Å². The van der Waals surface area contributed by atoms with Crippen LogP contribution in [0.15, 0.2) is 51.9 Å². The van der Waals surface area contributed by atoms with E-state index >= 15 is 0 Å². The van der Waals surface area contributed by atoms with Crippen LogP contribution in [0.5, 0.6) is 11.8 Å². The molecule has 1 aromatic carbocycles. The molecule has 144 valence electrons. The van der Waals surface area contributed by atoms with Crippen molar-refractivity contribution < 1.29 is 18.7 Å². The number of carbonyl (C=O) groups is 1. The Balaban J connectivity index is 1.51. The molecule has 1 amide bonds. The normalized spacial score (nSPS) is 16.8. The minimum atomic E-state index is -0.326. The number of aromatic nitrogens is 2. The third kappa shape index (κ3) is 3.66. The Morgan fingerprint density at radius 3 is 2.93 bits per heavy atom. The van der Waals surface area contributed by atoms with Gasteiger partial charge in [-0.1, -0.05) is 12.1 Å². The van der Waals surface area contributed by atoms with Crippen molar-refractivity contribution in [2.24, 2.45) is 0 Å². The molecular weight excluding hydrogens is 362 g/mol. The number of carbonyl (C=O) groups excluding carboxylic acids is 1. The minimum Gasteiger partial charge on any atom is -0.480 e. The monoisotopic (exact) mass is 381 g/mol. The molecule has 1 aliphatic heterocycles. The molecule has 1 fully saturated rings. The maximum Gasteiger partial charge on any atom is 0.289 e. The Bertz CT molecular complexity index is 1060. The molecule has 4 rings (SSSR count). The SMILES string of the molecule is COc1cncc(OC2CCCN(C(=O)c3cc(=O)c4ccccc4o3)C2)n1. The number of amides is 1. The number of hydrogen-bond acceptors (Lipinski definition) is 7. The molecule has 3 heterocycles. The first-order valence-corrected chi connectivity index (χ1v) is 8.99. The molecule has 1 aliphatic rings. The summed E-state index contributed by atoms with van der Waals surface area (Å²) < 4.78 is 16.6. The Labute approximate surface area is 160 Å². The molecule has 1 saturated heterocycles. The molecule has 2 aromatic heterocycles. The molecule has 8 nitrogen and oxygen atoms in total. The predicted molar refractivity (Wildman–Crippen MR) is 101 cm³/mol. The molecule has 0 spiro atoms. The summed E-state index contributed by atoms with van der Waals surface area (Å²) in [6, 6.07) is 8.13. The van der Waals surface area contributed by atoms with Crippen molar-refractivity contribution in [3.63, 3.8) is 0 Å². The van der Waals surface area contributed by atoms with Crippen molar-refractivity contribution in [1.29, 1.82) is 0 Å². The number of benzene rings is 1. The maximum atomic E-state index is 12.9. The highest BCUT2D eigenvalue weighted by atomic mass is 16.5. The number of rotatable bonds is 4. The molecule has 0 aliphatic carbocycles. The zero-order chi connectivity index (χ0) is 19.5. The van der Waals surface area contributed by atoms with Gasteiger partial charge >= 0.3 is 0 Å². The largest absolute Gasteiger partial charge is 0.480 e. The standard InChI is InChI=1S/C20H19N3O5/c1-26-18-10-21-11-19(22-18)27-13-5-4-8-23(12-13)20(25)17-9-15(24)14-6-2-3-7-16(14)28-17/h2-3,6-7,9-11,13H,4-5,8,12H2,1H3. The number of methoxy groups -OCH3 is 1. The predicted octanol–water partition coefficient (Wildman–Crippen LogP) is 2.28. The smallest absolute Gasteiger partial charge is 0.289 e. The molecule has 1 atom stereocenters. The first-order chi connectivity index (χ1) is 13.6. The highest BCUT2D eigenvalue weighted by Gasteiger charge is 2.28. The van der Waals surface area contributed by atoms with E-state index in [0.717, 1.165) is 12.8 Å². The second-order valence-electron chi connectivity index (χ2n) is 6.50. The van der Waals surface area contributed by atoms with Crippen LogP contribution in [0.25, 0.3) is 11.0 Å². The number of nitrogens with zero attached hydrogens (tertiary/aromatic N) is 3. The second-order valence-corrected chi connectivity index (χ2v) is 6.50. The van der Waals surface area contributed by atoms with Gasteiger partial charge in [-0.25, -0.2) is 0 Å². The lowest BCUT2D eigenvalue weighted by molar-refractivity contribution is 0.0498. The summed E-state index contributed by atoms with van der Waals surface area (Å²) in [6.07, 6.45) is 4.32. The van der Waals surface area contributed by atoms with Crippen molar-refractivity contribution in [2.45, 2.75) is 18.9 Å². The van der Waals surface area contributed by atoms with Gasteiger partial charge in [0.25, 0.3) is 5.91 Å². The lowest BCUT2D eigenvalue weighted by atomic mass is 10.1. The highest BCUT2D eigenvalue weighted by Crippen LogP contribution is 2.20. The zero-order valence-corrected chi connectivity index (χ0v) is 15.3. The van der Waals surface area contributed by atoms with Crippen LogP contribution in [0.3, 0.4) is 0 Å². The molecular formula is C20H19N3O5. The molecule has 8 heteroatoms. The van der Waals surface area contributed by atoms with E-state index in [-0.39, 0.29) is 23.2 Å². The topological polar surface area (TPSA) is 94.8 Å². The van der Waals surface area contributed by atoms with Crippen LogP contribution in [-0.2, 0) is 0 Å². The van der Waals surface area contributed by atoms with Gasteiger partial charge in [0.05, 0.1) is 31.4 Å². The van der Waals surface area contributed by atoms with Crippen molar-refractivity contribution in [3.8, 4) is 11.8 Å². The molecule has 0 radical (unpaired) electrons. The van der Waals surface area contributed by atoms with Crippen LogP contribution in [0.2, 0.25) is 0 Å². The van der Waals surface area contributed by atoms with E-state index in [1.54, 1.807) is 29.2 Å². The van der Waals surface area contributed by atoms with Crippen molar-refractivity contribution in [1.82, 2.24) is 14.9 Å². The van der Waals surface area contributed by atoms with E-state index in [2.05, 4.69) is 9.97 Å². The van der Waals surface area contributed by atoms with Gasteiger partial charge < -0.3 is 18.8 Å². The van der Waals surface area contributed by atoms with Gasteiger partial charge in [0.1, 0.15) is 11.7 Å². The van der Waals surface area contributed by atoms with Crippen molar-refractivity contribution in [3.05, 3.63) is 58.7 Å². The Morgan fingerprint density at radius 2 is 2.07 bits per heavy atom. The molecule has 0 N–H and O–H groups in total. The minimum absolute atomic E-state index is 0.0329. The number of para-hydroxylation sites is 1. The fraction of sp³-hybridized carbons (Fsp3) is 0.300. The quantitative estimate of drug-likeness (QED) is 0.684. The highest BCUT2D eigenvalue weighted by molar-refractivity contribution is 5.93. The first kappa shape index (κ1) is 18.0. The molecule has 28 heavy (non-hydrogen) atoms. The van der Waals surface area contributed by atoms with Crippen molar-refractivity contribution in [2.75, 3.05) is 20.2 Å². The number of fused-ring (bicyclic) bond motifs is 1. The fourth-order valence-corrected chi connectivity index (χ4v) is 3.24. The summed E-state index contributed by atoms with van der Waals surface area (Å²) in [7, 11) is 1.51. The summed E-state index contributed by atoms with van der Waals surface area (Å²) >= 11 is 0. The van der Waals surface area contributed by atoms with E-state index in [1.165, 1.54) is 25.6 Å². The summed E-state index contributed by atoms with van der Waals surface area (Å²) in [6.45, 7) is 0.938. The van der Waals surface area contributed by atoms with Gasteiger partial charge in [0.15, 0.2) is 11.2 Å². The van der Waals surface area contributed by atoms with Gasteiger partial charge in [0.2, 0.25) is 11.8 Å². The molecule has 0 bridgehead atoms. The Hall–Kier alpha value is -3.42.